The second kappa shape index (κ2) is 9.63. The van der Waals surface area contributed by atoms with Gasteiger partial charge in [0.15, 0.2) is 28.9 Å². The summed E-state index contributed by atoms with van der Waals surface area (Å²) in [5.74, 6) is -7.32. The maximum Gasteiger partial charge on any atom is 0.447 e. The van der Waals surface area contributed by atoms with Gasteiger partial charge in [-0.15, -0.1) is 0 Å². The highest BCUT2D eigenvalue weighted by Crippen LogP contribution is 2.41. The first kappa shape index (κ1) is 25.0. The van der Waals surface area contributed by atoms with Crippen LogP contribution in [0, 0.1) is 23.3 Å². The normalized spacial score (nSPS) is 21.2. The Morgan fingerprint density at radius 2 is 1.51 bits per heavy atom. The Bertz CT molecular complexity index is 1200. The largest absolute Gasteiger partial charge is 0.447 e. The number of carbonyl (C=O) groups is 3. The van der Waals surface area contributed by atoms with Gasteiger partial charge in [0, 0.05) is 43.6 Å². The monoisotopic (exact) mass is 524 g/mol. The number of nitrogens with zero attached hydrogens (tertiary/aromatic N) is 2. The van der Waals surface area contributed by atoms with E-state index in [1.54, 1.807) is 0 Å². The Kier molecular flexibility index (Phi) is 6.50. The van der Waals surface area contributed by atoms with E-state index in [0.717, 1.165) is 12.1 Å². The zero-order chi connectivity index (χ0) is 26.3. The summed E-state index contributed by atoms with van der Waals surface area (Å²) in [6, 6.07) is 6.76. The summed E-state index contributed by atoms with van der Waals surface area (Å²) < 4.78 is 73.1. The van der Waals surface area contributed by atoms with Crippen LogP contribution in [0.25, 0.3) is 0 Å². The third-order valence-corrected chi connectivity index (χ3v) is 6.62. The van der Waals surface area contributed by atoms with Gasteiger partial charge in [0.05, 0.1) is 6.61 Å². The van der Waals surface area contributed by atoms with Crippen LogP contribution in [0.1, 0.15) is 30.1 Å². The molecule has 0 aliphatic carbocycles. The highest BCUT2D eigenvalue weighted by molar-refractivity contribution is 6.30. The van der Waals surface area contributed by atoms with Crippen molar-refractivity contribution in [3.8, 4) is 0 Å². The van der Waals surface area contributed by atoms with E-state index in [4.69, 9.17) is 19.0 Å². The Hall–Kier alpha value is -3.71. The van der Waals surface area contributed by atoms with Crippen LogP contribution in [-0.4, -0.2) is 66.1 Å². The quantitative estimate of drug-likeness (QED) is 0.324. The lowest BCUT2D eigenvalue weighted by Crippen LogP contribution is -2.57. The molecule has 3 fully saturated rings. The van der Waals surface area contributed by atoms with Gasteiger partial charge in [0.1, 0.15) is 6.10 Å². The lowest BCUT2D eigenvalue weighted by molar-refractivity contribution is -0.251. The zero-order valence-corrected chi connectivity index (χ0v) is 19.1. The highest BCUT2D eigenvalue weighted by Gasteiger charge is 2.62. The van der Waals surface area contributed by atoms with Crippen molar-refractivity contribution in [2.45, 2.75) is 30.8 Å². The minimum Gasteiger partial charge on any atom is -0.434 e. The number of amides is 1. The lowest BCUT2D eigenvalue weighted by Gasteiger charge is -2.40. The summed E-state index contributed by atoms with van der Waals surface area (Å²) in [4.78, 5) is 41.8. The van der Waals surface area contributed by atoms with Crippen LogP contribution in [0.15, 0.2) is 36.4 Å². The number of fused-ring (bicyclic) bond motifs is 2. The molecule has 2 aromatic rings. The third kappa shape index (κ3) is 4.48. The zero-order valence-electron chi connectivity index (χ0n) is 19.1. The van der Waals surface area contributed by atoms with Crippen LogP contribution < -0.4 is 0 Å². The smallest absolute Gasteiger partial charge is 0.434 e. The molecule has 13 heteroatoms. The fourth-order valence-corrected chi connectivity index (χ4v) is 4.69. The molecule has 3 aliphatic heterocycles. The maximum absolute atomic E-state index is 14.5. The number of hydroxylamine groups is 2. The highest BCUT2D eigenvalue weighted by atomic mass is 19.2. The minimum absolute atomic E-state index is 0.0640. The van der Waals surface area contributed by atoms with Crippen LogP contribution in [0.4, 0.5) is 22.4 Å². The topological polar surface area (TPSA) is 94.6 Å². The third-order valence-electron chi connectivity index (χ3n) is 6.62. The molecule has 9 nitrogen and oxygen atoms in total. The number of benzene rings is 2. The number of hydrogen-bond donors (Lipinski definition) is 0. The summed E-state index contributed by atoms with van der Waals surface area (Å²) in [5.41, 5.74) is -1.77. The Morgan fingerprint density at radius 3 is 2.11 bits per heavy atom. The predicted molar refractivity (Wildman–Crippen MR) is 113 cm³/mol. The van der Waals surface area contributed by atoms with E-state index in [2.05, 4.69) is 0 Å². The number of rotatable bonds is 6. The Morgan fingerprint density at radius 1 is 0.919 bits per heavy atom. The second-order valence-electron chi connectivity index (χ2n) is 8.77. The first-order chi connectivity index (χ1) is 17.7. The van der Waals surface area contributed by atoms with Crippen molar-refractivity contribution in [3.05, 3.63) is 70.8 Å². The molecule has 0 bridgehead atoms. The Labute approximate surface area is 207 Å². The van der Waals surface area contributed by atoms with Crippen molar-refractivity contribution in [2.75, 3.05) is 26.2 Å². The molecule has 1 atom stereocenters. The average Bonchev–Trinajstić information content (AvgIpc) is 3.12. The first-order valence-corrected chi connectivity index (χ1v) is 11.4. The molecule has 0 radical (unpaired) electrons. The number of ether oxygens (including phenoxy) is 3. The van der Waals surface area contributed by atoms with Crippen molar-refractivity contribution < 1.29 is 51.0 Å². The molecule has 3 heterocycles. The number of esters is 1. The van der Waals surface area contributed by atoms with Gasteiger partial charge >= 0.3 is 18.0 Å². The van der Waals surface area contributed by atoms with E-state index < -0.39 is 59.2 Å². The number of halogens is 4. The van der Waals surface area contributed by atoms with Gasteiger partial charge in [-0.25, -0.2) is 31.9 Å². The van der Waals surface area contributed by atoms with Crippen LogP contribution in [-0.2, 0) is 28.6 Å². The van der Waals surface area contributed by atoms with Gasteiger partial charge in [-0.2, -0.15) is 0 Å². The molecule has 3 saturated heterocycles. The van der Waals surface area contributed by atoms with Crippen molar-refractivity contribution in [1.29, 1.82) is 0 Å². The molecule has 3 aliphatic rings. The van der Waals surface area contributed by atoms with E-state index in [9.17, 15) is 31.9 Å². The standard InChI is InChI=1S/C24H20F4N2O7/c25-15-5-1-3-13(17(15)27)19(14-4-2-6-16(26)18(14)28)34-12-11-29-9-7-24(8-10-29)22-30(23(33)36-24)37-21(32)20(31)35-22/h1-6,19,22H,7-12H2. The van der Waals surface area contributed by atoms with E-state index >= 15 is 0 Å². The second-order valence-corrected chi connectivity index (χ2v) is 8.77. The average molecular weight is 524 g/mol. The van der Waals surface area contributed by atoms with Gasteiger partial charge in [-0.05, 0) is 12.1 Å². The van der Waals surface area contributed by atoms with Crippen LogP contribution in [0.3, 0.4) is 0 Å². The van der Waals surface area contributed by atoms with Crippen LogP contribution >= 0.6 is 0 Å². The fourth-order valence-electron chi connectivity index (χ4n) is 4.69. The molecular formula is C24H20F4N2O7. The summed E-state index contributed by atoms with van der Waals surface area (Å²) in [7, 11) is 0. The summed E-state index contributed by atoms with van der Waals surface area (Å²) in [6.07, 6.45) is -3.11. The van der Waals surface area contributed by atoms with Crippen molar-refractivity contribution in [3.63, 3.8) is 0 Å². The number of carbonyl (C=O) groups excluding carboxylic acids is 3. The summed E-state index contributed by atoms with van der Waals surface area (Å²) in [5, 5.41) is 0.605. The van der Waals surface area contributed by atoms with Gasteiger partial charge in [-0.1, -0.05) is 29.3 Å². The van der Waals surface area contributed by atoms with Crippen LogP contribution in [0.2, 0.25) is 0 Å². The van der Waals surface area contributed by atoms with E-state index in [0.29, 0.717) is 18.2 Å². The van der Waals surface area contributed by atoms with Crippen molar-refractivity contribution in [1.82, 2.24) is 9.96 Å². The first-order valence-electron chi connectivity index (χ1n) is 11.4. The van der Waals surface area contributed by atoms with Crippen LogP contribution in [0.5, 0.6) is 0 Å². The van der Waals surface area contributed by atoms with Crippen molar-refractivity contribution >= 4 is 18.0 Å². The maximum atomic E-state index is 14.5. The molecule has 1 amide bonds. The molecular weight excluding hydrogens is 504 g/mol. The summed E-state index contributed by atoms with van der Waals surface area (Å²) >= 11 is 0. The SMILES string of the molecule is O=C1OC2N(OC1=O)C(=O)OC21CCN(CCOC(c2cccc(F)c2F)c2cccc(F)c2F)CC1. The van der Waals surface area contributed by atoms with Gasteiger partial charge in [0.25, 0.3) is 6.23 Å². The Balaban J connectivity index is 1.25. The number of piperidine rings is 1. The number of hydrogen-bond acceptors (Lipinski definition) is 8. The molecule has 5 rings (SSSR count). The van der Waals surface area contributed by atoms with Gasteiger partial charge < -0.3 is 23.9 Å². The van der Waals surface area contributed by atoms with E-state index in [1.165, 1.54) is 24.3 Å². The molecule has 0 N–H and O–H groups in total. The molecule has 1 unspecified atom stereocenters. The predicted octanol–water partition coefficient (Wildman–Crippen LogP) is 2.98. The minimum atomic E-state index is -1.41. The lowest BCUT2D eigenvalue weighted by atomic mass is 9.89. The molecule has 1 spiro atoms. The molecule has 0 saturated carbocycles. The molecule has 196 valence electrons. The van der Waals surface area contributed by atoms with Gasteiger partial charge in [-0.3, -0.25) is 0 Å². The van der Waals surface area contributed by atoms with E-state index in [1.807, 2.05) is 4.90 Å². The van der Waals surface area contributed by atoms with Crippen molar-refractivity contribution in [2.24, 2.45) is 0 Å². The van der Waals surface area contributed by atoms with Gasteiger partial charge in [0.2, 0.25) is 0 Å². The molecule has 0 aromatic heterocycles. The molecule has 2 aromatic carbocycles. The number of likely N-dealkylation sites (tertiary alicyclic amines) is 1. The fraction of sp³-hybridized carbons (Fsp3) is 0.375. The summed E-state index contributed by atoms with van der Waals surface area (Å²) in [6.45, 7) is 0.892. The van der Waals surface area contributed by atoms with E-state index in [-0.39, 0.29) is 37.1 Å². The molecule has 37 heavy (non-hydrogen) atoms.